The molecule has 1 N–H and O–H groups in total. The first-order valence-electron chi connectivity index (χ1n) is 12.2. The average Bonchev–Trinajstić information content (AvgIpc) is 3.42. The summed E-state index contributed by atoms with van der Waals surface area (Å²) in [5, 5.41) is 9.83. The molecule has 0 amide bonds. The van der Waals surface area contributed by atoms with Crippen molar-refractivity contribution in [1.29, 1.82) is 0 Å². The number of thiazole rings is 1. The Balaban J connectivity index is 1.45. The molecular formula is C29H28FNO5S2. The van der Waals surface area contributed by atoms with Gasteiger partial charge in [0.15, 0.2) is 0 Å². The fourth-order valence-electron chi connectivity index (χ4n) is 4.07. The zero-order chi connectivity index (χ0) is 27.1. The van der Waals surface area contributed by atoms with Gasteiger partial charge in [-0.15, -0.1) is 11.3 Å². The molecule has 38 heavy (non-hydrogen) atoms. The molecule has 1 heterocycles. The maximum atomic E-state index is 14.3. The minimum atomic E-state index is -3.69. The Bertz CT molecular complexity index is 1490. The van der Waals surface area contributed by atoms with Crippen LogP contribution in [0.3, 0.4) is 0 Å². The third-order valence-corrected chi connectivity index (χ3v) is 9.57. The van der Waals surface area contributed by atoms with Crippen LogP contribution in [0.1, 0.15) is 48.1 Å². The molecule has 1 unspecified atom stereocenters. The van der Waals surface area contributed by atoms with Crippen molar-refractivity contribution in [1.82, 2.24) is 4.98 Å². The minimum absolute atomic E-state index is 0.107. The fraction of sp³-hybridized carbons (Fsp3) is 0.241. The number of sulfone groups is 1. The van der Waals surface area contributed by atoms with Gasteiger partial charge in [-0.05, 0) is 35.6 Å². The van der Waals surface area contributed by atoms with Crippen molar-refractivity contribution in [3.63, 3.8) is 0 Å². The van der Waals surface area contributed by atoms with E-state index in [-0.39, 0.29) is 23.8 Å². The number of halogens is 1. The number of rotatable bonds is 12. The lowest BCUT2D eigenvalue weighted by Crippen LogP contribution is -2.14. The van der Waals surface area contributed by atoms with Gasteiger partial charge in [0, 0.05) is 23.4 Å². The highest BCUT2D eigenvalue weighted by atomic mass is 32.2. The second-order valence-corrected chi connectivity index (χ2v) is 12.0. The summed E-state index contributed by atoms with van der Waals surface area (Å²) in [6, 6.07) is 21.1. The van der Waals surface area contributed by atoms with Crippen molar-refractivity contribution in [3.05, 3.63) is 101 Å². The summed E-state index contributed by atoms with van der Waals surface area (Å²) >= 11 is 1.14. The number of hydrogen-bond donors (Lipinski definition) is 1. The maximum Gasteiger partial charge on any atom is 0.303 e. The van der Waals surface area contributed by atoms with Gasteiger partial charge in [-0.25, -0.2) is 17.8 Å². The van der Waals surface area contributed by atoms with Crippen molar-refractivity contribution in [2.45, 2.75) is 48.8 Å². The van der Waals surface area contributed by atoms with Crippen LogP contribution in [-0.4, -0.2) is 24.5 Å². The van der Waals surface area contributed by atoms with E-state index in [1.807, 2.05) is 49.4 Å². The Morgan fingerprint density at radius 3 is 2.47 bits per heavy atom. The van der Waals surface area contributed by atoms with Crippen LogP contribution in [0, 0.1) is 5.82 Å². The number of aliphatic carboxylic acids is 1. The summed E-state index contributed by atoms with van der Waals surface area (Å²) < 4.78 is 47.2. The Kier molecular flexibility index (Phi) is 8.91. The lowest BCUT2D eigenvalue weighted by molar-refractivity contribution is -0.136. The van der Waals surface area contributed by atoms with Gasteiger partial charge in [-0.3, -0.25) is 4.79 Å². The van der Waals surface area contributed by atoms with E-state index in [4.69, 9.17) is 9.84 Å². The smallest absolute Gasteiger partial charge is 0.303 e. The maximum absolute atomic E-state index is 14.3. The lowest BCUT2D eigenvalue weighted by Gasteiger charge is -2.16. The molecule has 0 saturated heterocycles. The Hall–Kier alpha value is -3.56. The summed E-state index contributed by atoms with van der Waals surface area (Å²) in [5.41, 5.74) is 3.32. The van der Waals surface area contributed by atoms with Gasteiger partial charge in [0.05, 0.1) is 10.9 Å². The van der Waals surface area contributed by atoms with Gasteiger partial charge in [0.25, 0.3) is 0 Å². The summed E-state index contributed by atoms with van der Waals surface area (Å²) in [6.07, 6.45) is 1.12. The van der Waals surface area contributed by atoms with E-state index in [1.165, 1.54) is 12.1 Å². The molecule has 4 rings (SSSR count). The van der Waals surface area contributed by atoms with Crippen molar-refractivity contribution in [2.75, 3.05) is 0 Å². The molecule has 0 aliphatic heterocycles. The highest BCUT2D eigenvalue weighted by Gasteiger charge is 2.31. The Morgan fingerprint density at radius 2 is 1.82 bits per heavy atom. The van der Waals surface area contributed by atoms with Gasteiger partial charge in [0.1, 0.15) is 18.2 Å². The number of ether oxygens (including phenoxy) is 1. The van der Waals surface area contributed by atoms with Crippen LogP contribution < -0.4 is 4.74 Å². The summed E-state index contributed by atoms with van der Waals surface area (Å²) in [5.74, 6) is -1.16. The van der Waals surface area contributed by atoms with E-state index in [0.29, 0.717) is 35.4 Å². The van der Waals surface area contributed by atoms with Crippen LogP contribution >= 0.6 is 11.3 Å². The number of carboxylic acid groups (broad SMARTS) is 1. The van der Waals surface area contributed by atoms with Crippen LogP contribution in [0.5, 0.6) is 5.75 Å². The van der Waals surface area contributed by atoms with Crippen molar-refractivity contribution in [2.24, 2.45) is 0 Å². The van der Waals surface area contributed by atoms with E-state index in [0.717, 1.165) is 22.5 Å². The fourth-order valence-corrected chi connectivity index (χ4v) is 7.18. The van der Waals surface area contributed by atoms with Gasteiger partial charge >= 0.3 is 5.97 Å². The van der Waals surface area contributed by atoms with Gasteiger partial charge < -0.3 is 9.84 Å². The standard InChI is InChI=1S/C29H28FNO5S2/c1-2-6-27(38(34,35)29-31-26(19-37-29)22-7-4-3-5-8-22)23-11-9-20(10-12-23)18-36-24-15-13-21(25(30)17-24)14-16-28(32)33/h3-5,7-13,15,17,19,27H,2,6,14,16,18H2,1H3,(H,32,33). The predicted octanol–water partition coefficient (Wildman–Crippen LogP) is 6.86. The van der Waals surface area contributed by atoms with Crippen molar-refractivity contribution < 1.29 is 27.4 Å². The zero-order valence-corrected chi connectivity index (χ0v) is 22.5. The van der Waals surface area contributed by atoms with Gasteiger partial charge in [-0.2, -0.15) is 0 Å². The average molecular weight is 554 g/mol. The number of hydrogen-bond acceptors (Lipinski definition) is 6. The first-order valence-corrected chi connectivity index (χ1v) is 14.7. The molecule has 4 aromatic rings. The van der Waals surface area contributed by atoms with Crippen LogP contribution in [0.25, 0.3) is 11.3 Å². The molecule has 198 valence electrons. The number of nitrogens with zero attached hydrogens (tertiary/aromatic N) is 1. The lowest BCUT2D eigenvalue weighted by atomic mass is 10.1. The number of aromatic nitrogens is 1. The predicted molar refractivity (Wildman–Crippen MR) is 146 cm³/mol. The Morgan fingerprint density at radius 1 is 1.08 bits per heavy atom. The molecule has 1 atom stereocenters. The van der Waals surface area contributed by atoms with E-state index < -0.39 is 26.9 Å². The largest absolute Gasteiger partial charge is 0.489 e. The summed E-state index contributed by atoms with van der Waals surface area (Å²) in [4.78, 5) is 15.2. The molecule has 0 aliphatic carbocycles. The summed E-state index contributed by atoms with van der Waals surface area (Å²) in [6.45, 7) is 2.13. The number of benzene rings is 3. The van der Waals surface area contributed by atoms with E-state index in [1.54, 1.807) is 23.6 Å². The van der Waals surface area contributed by atoms with E-state index in [2.05, 4.69) is 4.98 Å². The molecule has 6 nitrogen and oxygen atoms in total. The monoisotopic (exact) mass is 553 g/mol. The molecule has 3 aromatic carbocycles. The number of carbonyl (C=O) groups is 1. The molecular weight excluding hydrogens is 525 g/mol. The normalized spacial score (nSPS) is 12.3. The highest BCUT2D eigenvalue weighted by Crippen LogP contribution is 2.36. The highest BCUT2D eigenvalue weighted by molar-refractivity contribution is 7.93. The molecule has 9 heteroatoms. The quantitative estimate of drug-likeness (QED) is 0.206. The molecule has 0 spiro atoms. The topological polar surface area (TPSA) is 93.6 Å². The van der Waals surface area contributed by atoms with Crippen LogP contribution in [0.15, 0.2) is 82.5 Å². The second-order valence-electron chi connectivity index (χ2n) is 8.86. The molecule has 0 bridgehead atoms. The molecule has 0 saturated carbocycles. The Labute approximate surface area is 225 Å². The molecule has 0 aliphatic rings. The number of carboxylic acids is 1. The third kappa shape index (κ3) is 6.65. The van der Waals surface area contributed by atoms with E-state index >= 15 is 0 Å². The van der Waals surface area contributed by atoms with E-state index in [9.17, 15) is 17.6 Å². The van der Waals surface area contributed by atoms with Crippen molar-refractivity contribution in [3.8, 4) is 17.0 Å². The minimum Gasteiger partial charge on any atom is -0.489 e. The third-order valence-electron chi connectivity index (χ3n) is 6.11. The first-order chi connectivity index (χ1) is 18.3. The molecule has 0 fully saturated rings. The SMILES string of the molecule is CCCC(c1ccc(COc2ccc(CCC(=O)O)c(F)c2)cc1)S(=O)(=O)c1nc(-c2ccccc2)cs1. The molecule has 0 radical (unpaired) electrons. The van der Waals surface area contributed by atoms with Crippen LogP contribution in [0.4, 0.5) is 4.39 Å². The van der Waals surface area contributed by atoms with Crippen LogP contribution in [-0.2, 0) is 27.7 Å². The second kappa shape index (κ2) is 12.3. The zero-order valence-electron chi connectivity index (χ0n) is 20.8. The number of aryl methyl sites for hydroxylation is 1. The van der Waals surface area contributed by atoms with Gasteiger partial charge in [0.2, 0.25) is 14.2 Å². The van der Waals surface area contributed by atoms with Crippen LogP contribution in [0.2, 0.25) is 0 Å². The molecule has 1 aromatic heterocycles. The van der Waals surface area contributed by atoms with Crippen molar-refractivity contribution >= 4 is 27.1 Å². The van der Waals surface area contributed by atoms with Gasteiger partial charge in [-0.1, -0.05) is 74.0 Å². The first kappa shape index (κ1) is 27.5. The summed E-state index contributed by atoms with van der Waals surface area (Å²) in [7, 11) is -3.69.